The number of hydrogen-bond donors (Lipinski definition) is 0. The fourth-order valence-corrected chi connectivity index (χ4v) is 9.88. The highest BCUT2D eigenvalue weighted by atomic mass is 15.0. The highest BCUT2D eigenvalue weighted by Crippen LogP contribution is 2.56. The molecule has 0 N–H and O–H groups in total. The first kappa shape index (κ1) is 35.4. The molecule has 0 saturated carbocycles. The third-order valence-electron chi connectivity index (χ3n) is 12.8. The van der Waals surface area contributed by atoms with Crippen LogP contribution in [0.15, 0.2) is 170 Å². The molecule has 286 valence electrons. The smallest absolute Gasteiger partial charge is 0.0937 e. The summed E-state index contributed by atoms with van der Waals surface area (Å²) in [5.74, 6) is 0. The van der Waals surface area contributed by atoms with Crippen molar-refractivity contribution < 1.29 is 0 Å². The van der Waals surface area contributed by atoms with Crippen LogP contribution in [-0.2, 0) is 16.2 Å². The molecule has 1 aliphatic carbocycles. The van der Waals surface area contributed by atoms with E-state index in [0.717, 1.165) is 33.9 Å². The van der Waals surface area contributed by atoms with E-state index < -0.39 is 5.41 Å². The van der Waals surface area contributed by atoms with E-state index in [1.165, 1.54) is 65.9 Å². The summed E-state index contributed by atoms with van der Waals surface area (Å²) in [6.45, 7) is 13.8. The largest absolute Gasteiger partial charge is 0.309 e. The lowest BCUT2D eigenvalue weighted by Crippen LogP contribution is -2.28. The van der Waals surface area contributed by atoms with E-state index in [1.54, 1.807) is 0 Å². The fraction of sp³-hybridized carbons (Fsp3) is 0.164. The Bertz CT molecular complexity index is 3060. The molecule has 0 radical (unpaired) electrons. The maximum atomic E-state index is 5.07. The number of nitrogens with zero attached hydrogens (tertiary/aromatic N) is 4. The van der Waals surface area contributed by atoms with Crippen molar-refractivity contribution in [3.8, 4) is 22.8 Å². The molecule has 4 nitrogen and oxygen atoms in total. The molecule has 4 heterocycles. The molecular weight excluding hydrogens is 717 g/mol. The van der Waals surface area contributed by atoms with Crippen molar-refractivity contribution in [2.24, 2.45) is 0 Å². The molecule has 4 aromatic heterocycles. The second-order valence-corrected chi connectivity index (χ2v) is 18.3. The lowest BCUT2D eigenvalue weighted by atomic mass is 9.67. The number of hydrogen-bond acceptors (Lipinski definition) is 2. The zero-order valence-electron chi connectivity index (χ0n) is 34.5. The van der Waals surface area contributed by atoms with Gasteiger partial charge in [-0.2, -0.15) is 0 Å². The topological polar surface area (TPSA) is 35.6 Å². The number of fused-ring (bicyclic) bond motifs is 9. The molecule has 6 aromatic carbocycles. The molecule has 4 heteroatoms. The SMILES string of the molecule is CC(C)(C)c1ccc2c(c1)c1cc(C3(c4ccc5c(c4)c4cc(C(C)(C)C)ccc4n5-c4ccccc4)c4cccnc4-c4ncccc43)ccc1n2-c1ccccc1. The molecule has 0 saturated heterocycles. The van der Waals surface area contributed by atoms with Crippen molar-refractivity contribution >= 4 is 43.6 Å². The standard InChI is InChI=1S/C55H46N4/c1-53(2,3)35-21-25-47-41(31-35)43-33-37(23-27-49(43)58(47)39-15-9-7-10-16-39)55(45-19-13-29-56-51(45)52-46(55)20-14-30-57-52)38-24-28-50-44(34-38)42-32-36(54(4,5)6)22-26-48(42)59(50)40-17-11-8-12-18-40/h7-34H,1-6H3. The van der Waals surface area contributed by atoms with Gasteiger partial charge in [-0.1, -0.05) is 114 Å². The van der Waals surface area contributed by atoms with Crippen LogP contribution in [0, 0.1) is 0 Å². The second kappa shape index (κ2) is 12.6. The van der Waals surface area contributed by atoms with Crippen molar-refractivity contribution in [2.75, 3.05) is 0 Å². The molecular formula is C55H46N4. The van der Waals surface area contributed by atoms with Gasteiger partial charge in [-0.05, 0) is 129 Å². The van der Waals surface area contributed by atoms with Crippen LogP contribution in [0.5, 0.6) is 0 Å². The Labute approximate surface area is 345 Å². The number of benzene rings is 6. The Hall–Kier alpha value is -6.78. The van der Waals surface area contributed by atoms with Crippen LogP contribution < -0.4 is 0 Å². The molecule has 11 rings (SSSR count). The minimum atomic E-state index is -0.693. The summed E-state index contributed by atoms with van der Waals surface area (Å²) in [5.41, 5.74) is 15.6. The first-order valence-electron chi connectivity index (χ1n) is 20.7. The molecule has 0 fully saturated rings. The number of pyridine rings is 2. The highest BCUT2D eigenvalue weighted by Gasteiger charge is 2.48. The first-order chi connectivity index (χ1) is 28.5. The molecule has 0 bridgehead atoms. The van der Waals surface area contributed by atoms with Crippen molar-refractivity contribution in [2.45, 2.75) is 57.8 Å². The summed E-state index contributed by atoms with van der Waals surface area (Å²) in [5, 5.41) is 4.96. The van der Waals surface area contributed by atoms with Crippen LogP contribution in [0.2, 0.25) is 0 Å². The molecule has 0 unspecified atom stereocenters. The summed E-state index contributed by atoms with van der Waals surface area (Å²) < 4.78 is 4.84. The van der Waals surface area contributed by atoms with Gasteiger partial charge in [0, 0.05) is 45.3 Å². The molecule has 0 atom stereocenters. The van der Waals surface area contributed by atoms with Crippen molar-refractivity contribution in [1.29, 1.82) is 0 Å². The van der Waals surface area contributed by atoms with E-state index in [0.29, 0.717) is 0 Å². The molecule has 59 heavy (non-hydrogen) atoms. The summed E-state index contributed by atoms with van der Waals surface area (Å²) in [6.07, 6.45) is 3.81. The Kier molecular flexibility index (Phi) is 7.56. The molecule has 0 spiro atoms. The predicted molar refractivity (Wildman–Crippen MR) is 245 cm³/mol. The number of rotatable bonds is 4. The minimum absolute atomic E-state index is 0.00391. The van der Waals surface area contributed by atoms with Gasteiger partial charge in [0.15, 0.2) is 0 Å². The summed E-state index contributed by atoms with van der Waals surface area (Å²) in [7, 11) is 0. The van der Waals surface area contributed by atoms with Crippen LogP contribution in [-0.4, -0.2) is 19.1 Å². The van der Waals surface area contributed by atoms with Gasteiger partial charge in [-0.3, -0.25) is 9.97 Å². The van der Waals surface area contributed by atoms with Gasteiger partial charge in [0.25, 0.3) is 0 Å². The van der Waals surface area contributed by atoms with E-state index in [-0.39, 0.29) is 10.8 Å². The average Bonchev–Trinajstić information content (AvgIpc) is 3.87. The van der Waals surface area contributed by atoms with Gasteiger partial charge >= 0.3 is 0 Å². The van der Waals surface area contributed by atoms with Crippen LogP contribution in [0.4, 0.5) is 0 Å². The van der Waals surface area contributed by atoms with Gasteiger partial charge < -0.3 is 9.13 Å². The second-order valence-electron chi connectivity index (χ2n) is 18.3. The van der Waals surface area contributed by atoms with Crippen molar-refractivity contribution in [3.05, 3.63) is 203 Å². The van der Waals surface area contributed by atoms with Gasteiger partial charge in [0.05, 0.1) is 38.9 Å². The van der Waals surface area contributed by atoms with Gasteiger partial charge in [-0.25, -0.2) is 0 Å². The van der Waals surface area contributed by atoms with Crippen molar-refractivity contribution in [1.82, 2.24) is 19.1 Å². The maximum Gasteiger partial charge on any atom is 0.0937 e. The number of aromatic nitrogens is 4. The Morgan fingerprint density at radius 2 is 0.763 bits per heavy atom. The van der Waals surface area contributed by atoms with E-state index in [4.69, 9.17) is 9.97 Å². The van der Waals surface area contributed by atoms with Gasteiger partial charge in [-0.15, -0.1) is 0 Å². The Balaban J connectivity index is 1.27. The fourth-order valence-electron chi connectivity index (χ4n) is 9.88. The first-order valence-corrected chi connectivity index (χ1v) is 20.7. The van der Waals surface area contributed by atoms with E-state index in [2.05, 4.69) is 208 Å². The van der Waals surface area contributed by atoms with Crippen molar-refractivity contribution in [3.63, 3.8) is 0 Å². The Morgan fingerprint density at radius 1 is 0.390 bits per heavy atom. The van der Waals surface area contributed by atoms with Gasteiger partial charge in [0.2, 0.25) is 0 Å². The maximum absolute atomic E-state index is 5.07. The van der Waals surface area contributed by atoms with Gasteiger partial charge in [0.1, 0.15) is 0 Å². The Morgan fingerprint density at radius 3 is 1.15 bits per heavy atom. The predicted octanol–water partition coefficient (Wildman–Crippen LogP) is 13.6. The van der Waals surface area contributed by atoms with Crippen LogP contribution in [0.1, 0.15) is 74.9 Å². The molecule has 0 amide bonds. The zero-order valence-corrected chi connectivity index (χ0v) is 34.5. The van der Waals surface area contributed by atoms with Crippen LogP contribution in [0.25, 0.3) is 66.4 Å². The summed E-state index contributed by atoms with van der Waals surface area (Å²) in [4.78, 5) is 10.1. The van der Waals surface area contributed by atoms with Crippen LogP contribution in [0.3, 0.4) is 0 Å². The number of para-hydroxylation sites is 2. The normalized spacial score (nSPS) is 13.7. The quantitative estimate of drug-likeness (QED) is 0.179. The zero-order chi connectivity index (χ0) is 40.3. The molecule has 0 aliphatic heterocycles. The van der Waals surface area contributed by atoms with E-state index in [1.807, 2.05) is 12.4 Å². The third-order valence-corrected chi connectivity index (χ3v) is 12.8. The van der Waals surface area contributed by atoms with E-state index >= 15 is 0 Å². The lowest BCUT2D eigenvalue weighted by Gasteiger charge is -2.33. The molecule has 1 aliphatic rings. The third kappa shape index (κ3) is 5.15. The van der Waals surface area contributed by atoms with E-state index in [9.17, 15) is 0 Å². The monoisotopic (exact) mass is 762 g/mol. The highest BCUT2D eigenvalue weighted by molar-refractivity contribution is 6.11. The minimum Gasteiger partial charge on any atom is -0.309 e. The van der Waals surface area contributed by atoms with Crippen LogP contribution >= 0.6 is 0 Å². The molecule has 10 aromatic rings. The lowest BCUT2D eigenvalue weighted by molar-refractivity contribution is 0.591. The summed E-state index contributed by atoms with van der Waals surface area (Å²) in [6, 6.07) is 58.7. The summed E-state index contributed by atoms with van der Waals surface area (Å²) >= 11 is 0. The average molecular weight is 763 g/mol.